The Morgan fingerprint density at radius 2 is 1.83 bits per heavy atom. The Morgan fingerprint density at radius 1 is 1.11 bits per heavy atom. The largest absolute Gasteiger partial charge is 0.503 e. The monoisotopic (exact) mass is 506 g/mol. The highest BCUT2D eigenvalue weighted by Gasteiger charge is 2.44. The van der Waals surface area contributed by atoms with E-state index in [1.165, 1.54) is 16.2 Å². The lowest BCUT2D eigenvalue weighted by atomic mass is 9.95. The van der Waals surface area contributed by atoms with Gasteiger partial charge in [0.1, 0.15) is 10.8 Å². The number of rotatable bonds is 11. The maximum atomic E-state index is 13.8. The number of hydrogen-bond donors (Lipinski definition) is 1. The van der Waals surface area contributed by atoms with Crippen LogP contribution in [-0.4, -0.2) is 53.5 Å². The summed E-state index contributed by atoms with van der Waals surface area (Å²) in [6.45, 7) is 4.99. The number of aliphatic hydroxyl groups excluding tert-OH is 1. The summed E-state index contributed by atoms with van der Waals surface area (Å²) in [5.41, 5.74) is 2.23. The number of aromatic nitrogens is 1. The number of carbonyl (C=O) groups excluding carboxylic acids is 2. The van der Waals surface area contributed by atoms with E-state index in [1.54, 1.807) is 14.0 Å². The van der Waals surface area contributed by atoms with Gasteiger partial charge in [-0.05, 0) is 31.0 Å². The number of ether oxygens (including phenoxy) is 2. The quantitative estimate of drug-likeness (QED) is 0.272. The number of hydrogen-bond acceptors (Lipinski definition) is 7. The zero-order valence-corrected chi connectivity index (χ0v) is 21.5. The number of ketones is 1. The molecule has 1 aromatic heterocycles. The van der Waals surface area contributed by atoms with Crippen LogP contribution in [-0.2, 0) is 9.53 Å². The fourth-order valence-electron chi connectivity index (χ4n) is 4.17. The Bertz CT molecular complexity index is 1250. The molecular weight excluding hydrogens is 476 g/mol. The van der Waals surface area contributed by atoms with Crippen LogP contribution in [0, 0.1) is 6.92 Å². The second kappa shape index (κ2) is 11.5. The maximum Gasteiger partial charge on any atom is 0.290 e. The predicted molar refractivity (Wildman–Crippen MR) is 139 cm³/mol. The summed E-state index contributed by atoms with van der Waals surface area (Å²) < 4.78 is 11.0. The van der Waals surface area contributed by atoms with Gasteiger partial charge in [-0.2, -0.15) is 0 Å². The highest BCUT2D eigenvalue weighted by atomic mass is 32.1. The van der Waals surface area contributed by atoms with E-state index in [2.05, 4.69) is 11.9 Å². The summed E-state index contributed by atoms with van der Waals surface area (Å²) in [6.07, 6.45) is 1.99. The first-order chi connectivity index (χ1) is 17.5. The Balaban J connectivity index is 1.70. The van der Waals surface area contributed by atoms with Crippen LogP contribution in [0.15, 0.2) is 65.9 Å². The molecule has 7 nitrogen and oxygen atoms in total. The molecule has 1 unspecified atom stereocenters. The summed E-state index contributed by atoms with van der Waals surface area (Å²) >= 11 is 1.26. The van der Waals surface area contributed by atoms with Gasteiger partial charge in [-0.15, -0.1) is 11.3 Å². The summed E-state index contributed by atoms with van der Waals surface area (Å²) in [5, 5.41) is 11.6. The number of aliphatic hydroxyl groups is 1. The highest BCUT2D eigenvalue weighted by molar-refractivity contribution is 7.17. The van der Waals surface area contributed by atoms with Crippen LogP contribution in [0.3, 0.4) is 0 Å². The van der Waals surface area contributed by atoms with E-state index < -0.39 is 23.5 Å². The zero-order chi connectivity index (χ0) is 25.7. The fraction of sp³-hybridized carbons (Fsp3) is 0.321. The molecule has 2 aromatic carbocycles. The van der Waals surface area contributed by atoms with E-state index in [9.17, 15) is 14.7 Å². The second-order valence-corrected chi connectivity index (χ2v) is 9.55. The Morgan fingerprint density at radius 3 is 2.50 bits per heavy atom. The predicted octanol–water partition coefficient (Wildman–Crippen LogP) is 5.52. The first-order valence-corrected chi connectivity index (χ1v) is 12.8. The SMILES string of the molecule is CCCCOc1ccc(C2C(C(=O)c3sc(-c4ccccc4)nc3C)=C(O)C(=O)N2CCOC)cc1. The molecule has 0 radical (unpaired) electrons. The summed E-state index contributed by atoms with van der Waals surface area (Å²) in [5.74, 6) is -0.800. The van der Waals surface area contributed by atoms with Crippen molar-refractivity contribution in [3.63, 3.8) is 0 Å². The molecule has 1 atom stereocenters. The van der Waals surface area contributed by atoms with Gasteiger partial charge in [0.2, 0.25) is 5.78 Å². The molecule has 0 saturated carbocycles. The highest BCUT2D eigenvalue weighted by Crippen LogP contribution is 2.41. The number of thiazole rings is 1. The molecule has 1 amide bonds. The minimum absolute atomic E-state index is 0.0575. The minimum Gasteiger partial charge on any atom is -0.503 e. The van der Waals surface area contributed by atoms with Gasteiger partial charge in [0, 0.05) is 19.2 Å². The molecule has 188 valence electrons. The van der Waals surface area contributed by atoms with Crippen LogP contribution >= 0.6 is 11.3 Å². The number of Topliss-reactive ketones (excluding diaryl/α,β-unsaturated/α-hetero) is 1. The number of benzene rings is 2. The smallest absolute Gasteiger partial charge is 0.290 e. The van der Waals surface area contributed by atoms with Gasteiger partial charge in [-0.25, -0.2) is 4.98 Å². The van der Waals surface area contributed by atoms with Crippen molar-refractivity contribution in [3.8, 4) is 16.3 Å². The van der Waals surface area contributed by atoms with E-state index in [-0.39, 0.29) is 18.7 Å². The molecule has 3 aromatic rings. The fourth-order valence-corrected chi connectivity index (χ4v) is 5.19. The van der Waals surface area contributed by atoms with E-state index in [0.29, 0.717) is 33.5 Å². The molecular formula is C28H30N2O5S. The third kappa shape index (κ3) is 5.20. The van der Waals surface area contributed by atoms with Crippen molar-refractivity contribution in [2.45, 2.75) is 32.7 Å². The molecule has 4 rings (SSSR count). The standard InChI is InChI=1S/C28H30N2O5S/c1-4-5-16-35-21-13-11-19(12-14-21)23-22(25(32)28(33)30(23)15-17-34-3)24(31)26-18(2)29-27(36-26)20-9-7-6-8-10-20/h6-14,23,32H,4-5,15-17H2,1-3H3. The van der Waals surface area contributed by atoms with Crippen LogP contribution in [0.2, 0.25) is 0 Å². The van der Waals surface area contributed by atoms with Gasteiger partial charge in [-0.3, -0.25) is 9.59 Å². The lowest BCUT2D eigenvalue weighted by molar-refractivity contribution is -0.130. The molecule has 0 aliphatic carbocycles. The average molecular weight is 507 g/mol. The van der Waals surface area contributed by atoms with Crippen molar-refractivity contribution in [3.05, 3.63) is 82.1 Å². The van der Waals surface area contributed by atoms with Crippen molar-refractivity contribution in [2.24, 2.45) is 0 Å². The van der Waals surface area contributed by atoms with Crippen molar-refractivity contribution in [1.82, 2.24) is 9.88 Å². The van der Waals surface area contributed by atoms with Crippen LogP contribution in [0.25, 0.3) is 10.6 Å². The Hall–Kier alpha value is -3.49. The zero-order valence-electron chi connectivity index (χ0n) is 20.7. The summed E-state index contributed by atoms with van der Waals surface area (Å²) in [6, 6.07) is 16.2. The molecule has 8 heteroatoms. The lowest BCUT2D eigenvalue weighted by Gasteiger charge is -2.26. The molecule has 0 fully saturated rings. The van der Waals surface area contributed by atoms with Gasteiger partial charge in [0.25, 0.3) is 5.91 Å². The van der Waals surface area contributed by atoms with Crippen molar-refractivity contribution in [2.75, 3.05) is 26.9 Å². The summed E-state index contributed by atoms with van der Waals surface area (Å²) in [4.78, 5) is 33.4. The third-order valence-corrected chi connectivity index (χ3v) is 7.28. The topological polar surface area (TPSA) is 89.0 Å². The molecule has 1 N–H and O–H groups in total. The molecule has 0 bridgehead atoms. The van der Waals surface area contributed by atoms with Crippen molar-refractivity contribution >= 4 is 23.0 Å². The van der Waals surface area contributed by atoms with Crippen molar-refractivity contribution < 1.29 is 24.2 Å². The molecule has 0 saturated heterocycles. The molecule has 1 aliphatic rings. The second-order valence-electron chi connectivity index (χ2n) is 8.56. The van der Waals surface area contributed by atoms with Gasteiger partial charge in [0.05, 0.1) is 35.4 Å². The van der Waals surface area contributed by atoms with Gasteiger partial charge < -0.3 is 19.5 Å². The van der Waals surface area contributed by atoms with Gasteiger partial charge >= 0.3 is 0 Å². The van der Waals surface area contributed by atoms with Crippen LogP contribution in [0.1, 0.15) is 46.7 Å². The molecule has 36 heavy (non-hydrogen) atoms. The van der Waals surface area contributed by atoms with E-state index in [4.69, 9.17) is 9.47 Å². The minimum atomic E-state index is -0.744. The van der Waals surface area contributed by atoms with Crippen LogP contribution in [0.4, 0.5) is 0 Å². The number of carbonyl (C=O) groups is 2. The summed E-state index contributed by atoms with van der Waals surface area (Å²) in [7, 11) is 1.54. The van der Waals surface area contributed by atoms with Crippen LogP contribution < -0.4 is 4.74 Å². The van der Waals surface area contributed by atoms with Crippen molar-refractivity contribution in [1.29, 1.82) is 0 Å². The molecule has 1 aliphatic heterocycles. The number of unbranched alkanes of at least 4 members (excludes halogenated alkanes) is 1. The number of aryl methyl sites for hydroxylation is 1. The van der Waals surface area contributed by atoms with Gasteiger partial charge in [-0.1, -0.05) is 55.8 Å². The average Bonchev–Trinajstić information content (AvgIpc) is 3.41. The number of methoxy groups -OCH3 is 1. The molecule has 0 spiro atoms. The van der Waals surface area contributed by atoms with E-state index >= 15 is 0 Å². The normalized spacial score (nSPS) is 15.6. The van der Waals surface area contributed by atoms with E-state index in [1.807, 2.05) is 54.6 Å². The Labute approximate surface area is 215 Å². The van der Waals surface area contributed by atoms with E-state index in [0.717, 1.165) is 18.4 Å². The number of amides is 1. The maximum absolute atomic E-state index is 13.8. The lowest BCUT2D eigenvalue weighted by Crippen LogP contribution is -2.34. The van der Waals surface area contributed by atoms with Crippen LogP contribution in [0.5, 0.6) is 5.75 Å². The Kier molecular flexibility index (Phi) is 8.18. The third-order valence-electron chi connectivity index (χ3n) is 6.07. The van der Waals surface area contributed by atoms with Gasteiger partial charge in [0.15, 0.2) is 5.76 Å². The number of nitrogens with zero attached hydrogens (tertiary/aromatic N) is 2. The first kappa shape index (κ1) is 25.6. The molecule has 2 heterocycles. The first-order valence-electron chi connectivity index (χ1n) is 12.0.